The number of nitriles is 1. The molecule has 1 aromatic heterocycles. The van der Waals surface area contributed by atoms with E-state index in [1.165, 1.54) is 18.3 Å². The molecule has 6 nitrogen and oxygen atoms in total. The summed E-state index contributed by atoms with van der Waals surface area (Å²) in [5, 5.41) is 8.63. The zero-order valence-electron chi connectivity index (χ0n) is 10.8. The third-order valence-electron chi connectivity index (χ3n) is 2.67. The molecule has 106 valence electrons. The van der Waals surface area contributed by atoms with Crippen LogP contribution >= 0.6 is 0 Å². The van der Waals surface area contributed by atoms with Gasteiger partial charge < -0.3 is 4.74 Å². The number of benzene rings is 1. The number of carbonyl (C=O) groups excluding carboxylic acids is 1. The van der Waals surface area contributed by atoms with Crippen molar-refractivity contribution in [1.29, 1.82) is 5.26 Å². The van der Waals surface area contributed by atoms with Crippen LogP contribution in [-0.2, 0) is 6.61 Å². The third kappa shape index (κ3) is 3.52. The Morgan fingerprint density at radius 2 is 2.24 bits per heavy atom. The number of ether oxygens (including phenoxy) is 1. The summed E-state index contributed by atoms with van der Waals surface area (Å²) in [6.07, 6.45) is 1.36. The Morgan fingerprint density at radius 3 is 2.81 bits per heavy atom. The van der Waals surface area contributed by atoms with Gasteiger partial charge in [0.15, 0.2) is 0 Å². The van der Waals surface area contributed by atoms with Gasteiger partial charge in [0.2, 0.25) is 0 Å². The molecule has 0 aliphatic rings. The van der Waals surface area contributed by atoms with E-state index in [1.54, 1.807) is 18.2 Å². The maximum atomic E-state index is 13.4. The minimum Gasteiger partial charge on any atom is -0.487 e. The standard InChI is InChI=1S/C14H11FN4O2/c15-13-5-12(4-2-9(13)6-16)21-8-11-3-1-10(7-18-11)14(20)19-17/h1-5,7H,8,17H2,(H,19,20). The minimum atomic E-state index is -0.641. The highest BCUT2D eigenvalue weighted by Gasteiger charge is 2.06. The second-order valence-electron chi connectivity index (χ2n) is 4.05. The van der Waals surface area contributed by atoms with E-state index in [2.05, 4.69) is 4.98 Å². The van der Waals surface area contributed by atoms with Gasteiger partial charge in [-0.1, -0.05) is 0 Å². The summed E-state index contributed by atoms with van der Waals surface area (Å²) in [6.45, 7) is 0.107. The van der Waals surface area contributed by atoms with Gasteiger partial charge in [0.25, 0.3) is 5.91 Å². The van der Waals surface area contributed by atoms with Crippen LogP contribution in [-0.4, -0.2) is 10.9 Å². The number of aromatic nitrogens is 1. The Bertz CT molecular complexity index is 695. The molecule has 1 aromatic carbocycles. The number of nitrogen functional groups attached to an aromatic ring is 1. The molecule has 0 radical (unpaired) electrons. The topological polar surface area (TPSA) is 101 Å². The molecule has 2 rings (SSSR count). The number of halogens is 1. The smallest absolute Gasteiger partial charge is 0.266 e. The fourth-order valence-corrected chi connectivity index (χ4v) is 1.56. The third-order valence-corrected chi connectivity index (χ3v) is 2.67. The van der Waals surface area contributed by atoms with Gasteiger partial charge in [-0.3, -0.25) is 15.2 Å². The molecule has 0 bridgehead atoms. The van der Waals surface area contributed by atoms with Gasteiger partial charge in [0.05, 0.1) is 16.8 Å². The van der Waals surface area contributed by atoms with Crippen molar-refractivity contribution in [1.82, 2.24) is 10.4 Å². The summed E-state index contributed by atoms with van der Waals surface area (Å²) in [5.41, 5.74) is 2.84. The van der Waals surface area contributed by atoms with E-state index in [9.17, 15) is 9.18 Å². The van der Waals surface area contributed by atoms with Crippen molar-refractivity contribution in [3.63, 3.8) is 0 Å². The summed E-state index contributed by atoms with van der Waals surface area (Å²) in [7, 11) is 0. The number of nitrogens with two attached hydrogens (primary N) is 1. The molecule has 7 heteroatoms. The molecule has 0 saturated carbocycles. The highest BCUT2D eigenvalue weighted by atomic mass is 19.1. The van der Waals surface area contributed by atoms with E-state index in [0.29, 0.717) is 11.3 Å². The maximum absolute atomic E-state index is 13.4. The van der Waals surface area contributed by atoms with E-state index >= 15 is 0 Å². The Kier molecular flexibility index (Phi) is 4.43. The van der Waals surface area contributed by atoms with Crippen LogP contribution in [0.25, 0.3) is 0 Å². The quantitative estimate of drug-likeness (QED) is 0.501. The molecular weight excluding hydrogens is 275 g/mol. The Balaban J connectivity index is 2.01. The number of rotatable bonds is 4. The second kappa shape index (κ2) is 6.45. The first kappa shape index (κ1) is 14.4. The molecule has 0 unspecified atom stereocenters. The fraction of sp³-hybridized carbons (Fsp3) is 0.0714. The van der Waals surface area contributed by atoms with Crippen molar-refractivity contribution >= 4 is 5.91 Å². The average Bonchev–Trinajstić information content (AvgIpc) is 2.52. The fourth-order valence-electron chi connectivity index (χ4n) is 1.56. The monoisotopic (exact) mass is 286 g/mol. The normalized spacial score (nSPS) is 9.76. The van der Waals surface area contributed by atoms with Crippen LogP contribution in [0.15, 0.2) is 36.5 Å². The zero-order valence-corrected chi connectivity index (χ0v) is 10.8. The number of carbonyl (C=O) groups is 1. The highest BCUT2D eigenvalue weighted by Crippen LogP contribution is 2.17. The van der Waals surface area contributed by atoms with E-state index in [4.69, 9.17) is 15.8 Å². The number of pyridine rings is 1. The van der Waals surface area contributed by atoms with Crippen LogP contribution in [0.1, 0.15) is 21.6 Å². The number of nitrogens with zero attached hydrogens (tertiary/aromatic N) is 2. The summed E-state index contributed by atoms with van der Waals surface area (Å²) in [4.78, 5) is 15.3. The lowest BCUT2D eigenvalue weighted by molar-refractivity contribution is 0.0953. The summed E-state index contributed by atoms with van der Waals surface area (Å²) >= 11 is 0. The molecule has 0 atom stereocenters. The Hall–Kier alpha value is -2.98. The highest BCUT2D eigenvalue weighted by molar-refractivity contribution is 5.93. The lowest BCUT2D eigenvalue weighted by Gasteiger charge is -2.06. The van der Waals surface area contributed by atoms with Gasteiger partial charge in [0, 0.05) is 12.3 Å². The molecule has 2 aromatic rings. The van der Waals surface area contributed by atoms with Crippen LogP contribution < -0.4 is 16.0 Å². The number of nitrogens with one attached hydrogen (secondary N) is 1. The van der Waals surface area contributed by atoms with Gasteiger partial charge in [-0.15, -0.1) is 0 Å². The van der Waals surface area contributed by atoms with Gasteiger partial charge in [-0.2, -0.15) is 5.26 Å². The maximum Gasteiger partial charge on any atom is 0.266 e. The molecule has 1 heterocycles. The van der Waals surface area contributed by atoms with Crippen molar-refractivity contribution in [3.05, 3.63) is 59.2 Å². The lowest BCUT2D eigenvalue weighted by Crippen LogP contribution is -2.30. The SMILES string of the molecule is N#Cc1ccc(OCc2ccc(C(=O)NN)cn2)cc1F. The summed E-state index contributed by atoms with van der Waals surface area (Å²) < 4.78 is 18.7. The Morgan fingerprint density at radius 1 is 1.43 bits per heavy atom. The summed E-state index contributed by atoms with van der Waals surface area (Å²) in [5.74, 6) is 4.21. The molecule has 0 aliphatic heterocycles. The van der Waals surface area contributed by atoms with Crippen LogP contribution in [0.5, 0.6) is 5.75 Å². The minimum absolute atomic E-state index is 0.0439. The molecule has 0 saturated heterocycles. The van der Waals surface area contributed by atoms with Crippen LogP contribution in [0.2, 0.25) is 0 Å². The lowest BCUT2D eigenvalue weighted by atomic mass is 10.2. The van der Waals surface area contributed by atoms with E-state index in [-0.39, 0.29) is 17.9 Å². The van der Waals surface area contributed by atoms with Crippen molar-refractivity contribution in [2.24, 2.45) is 5.84 Å². The largest absolute Gasteiger partial charge is 0.487 e. The number of hydrogen-bond donors (Lipinski definition) is 2. The predicted octanol–water partition coefficient (Wildman–Crippen LogP) is 1.27. The second-order valence-corrected chi connectivity index (χ2v) is 4.05. The number of hydrazine groups is 1. The van der Waals surface area contributed by atoms with Gasteiger partial charge >= 0.3 is 0 Å². The van der Waals surface area contributed by atoms with Crippen LogP contribution in [0.3, 0.4) is 0 Å². The predicted molar refractivity (Wildman–Crippen MR) is 71.3 cm³/mol. The first-order valence-corrected chi connectivity index (χ1v) is 5.92. The van der Waals surface area contributed by atoms with Gasteiger partial charge in [-0.05, 0) is 24.3 Å². The van der Waals surface area contributed by atoms with Crippen molar-refractivity contribution in [2.45, 2.75) is 6.61 Å². The molecule has 1 amide bonds. The van der Waals surface area contributed by atoms with Crippen molar-refractivity contribution in [2.75, 3.05) is 0 Å². The molecule has 0 spiro atoms. The van der Waals surface area contributed by atoms with Gasteiger partial charge in [0.1, 0.15) is 24.2 Å². The molecular formula is C14H11FN4O2. The van der Waals surface area contributed by atoms with E-state index in [0.717, 1.165) is 6.07 Å². The van der Waals surface area contributed by atoms with Crippen molar-refractivity contribution in [3.8, 4) is 11.8 Å². The molecule has 21 heavy (non-hydrogen) atoms. The van der Waals surface area contributed by atoms with E-state index in [1.807, 2.05) is 5.43 Å². The van der Waals surface area contributed by atoms with Crippen molar-refractivity contribution < 1.29 is 13.9 Å². The first-order valence-electron chi connectivity index (χ1n) is 5.92. The van der Waals surface area contributed by atoms with E-state index < -0.39 is 11.7 Å². The number of hydrogen-bond acceptors (Lipinski definition) is 5. The van der Waals surface area contributed by atoms with Gasteiger partial charge in [-0.25, -0.2) is 10.2 Å². The molecule has 3 N–H and O–H groups in total. The molecule has 0 aliphatic carbocycles. The Labute approximate surface area is 119 Å². The zero-order chi connectivity index (χ0) is 15.2. The molecule has 0 fully saturated rings. The number of amides is 1. The van der Waals surface area contributed by atoms with Crippen LogP contribution in [0, 0.1) is 17.1 Å². The van der Waals surface area contributed by atoms with Crippen LogP contribution in [0.4, 0.5) is 4.39 Å². The average molecular weight is 286 g/mol. The first-order chi connectivity index (χ1) is 10.1. The summed E-state index contributed by atoms with van der Waals surface area (Å²) in [6, 6.07) is 8.85.